The van der Waals surface area contributed by atoms with Crippen LogP contribution in [0.2, 0.25) is 0 Å². The van der Waals surface area contributed by atoms with Gasteiger partial charge in [0, 0.05) is 6.54 Å². The van der Waals surface area contributed by atoms with Crippen molar-refractivity contribution in [1.82, 2.24) is 0 Å². The van der Waals surface area contributed by atoms with Crippen molar-refractivity contribution < 1.29 is 22.7 Å². The fourth-order valence-corrected chi connectivity index (χ4v) is 2.39. The van der Waals surface area contributed by atoms with E-state index in [2.05, 4.69) is 0 Å². The Morgan fingerprint density at radius 3 is 2.35 bits per heavy atom. The Bertz CT molecular complexity index is 628. The molecule has 3 N–H and O–H groups in total. The number of nitrogens with zero attached hydrogens (tertiary/aromatic N) is 1. The minimum atomic E-state index is -4.00. The first-order valence-electron chi connectivity index (χ1n) is 5.85. The summed E-state index contributed by atoms with van der Waals surface area (Å²) in [6, 6.07) is 3.14. The zero-order valence-electron chi connectivity index (χ0n) is 11.4. The van der Waals surface area contributed by atoms with Gasteiger partial charge in [0.15, 0.2) is 0 Å². The van der Waals surface area contributed by atoms with Gasteiger partial charge in [-0.25, -0.2) is 22.7 Å². The van der Waals surface area contributed by atoms with Crippen molar-refractivity contribution in [3.63, 3.8) is 0 Å². The lowest BCUT2D eigenvalue weighted by Crippen LogP contribution is -2.50. The molecule has 0 aliphatic heterocycles. The van der Waals surface area contributed by atoms with Gasteiger partial charge in [0.25, 0.3) is 0 Å². The van der Waals surface area contributed by atoms with E-state index in [1.165, 1.54) is 24.8 Å². The minimum Gasteiger partial charge on any atom is -0.480 e. The summed E-state index contributed by atoms with van der Waals surface area (Å²) in [5.41, 5.74) is -1.33. The Balaban J connectivity index is 3.36. The molecule has 0 heterocycles. The summed E-state index contributed by atoms with van der Waals surface area (Å²) in [4.78, 5) is 12.2. The Kier molecular flexibility index (Phi) is 4.40. The highest BCUT2D eigenvalue weighted by Crippen LogP contribution is 2.28. The number of rotatable bonds is 5. The third-order valence-corrected chi connectivity index (χ3v) is 3.96. The van der Waals surface area contributed by atoms with E-state index in [9.17, 15) is 22.7 Å². The minimum absolute atomic E-state index is 0.00676. The van der Waals surface area contributed by atoms with Crippen LogP contribution in [0, 0.1) is 5.82 Å². The molecule has 0 radical (unpaired) electrons. The fraction of sp³-hybridized carbons (Fsp3) is 0.417. The first-order chi connectivity index (χ1) is 9.01. The molecule has 0 aromatic heterocycles. The predicted octanol–water partition coefficient (Wildman–Crippen LogP) is 1.16. The number of anilines is 1. The normalized spacial score (nSPS) is 12.2. The lowest BCUT2D eigenvalue weighted by Gasteiger charge is -2.36. The molecule has 0 unspecified atom stereocenters. The number of hydrogen-bond donors (Lipinski definition) is 2. The van der Waals surface area contributed by atoms with Gasteiger partial charge in [-0.05, 0) is 39.0 Å². The monoisotopic (exact) mass is 304 g/mol. The number of aliphatic carboxylic acids is 1. The maximum atomic E-state index is 14.1. The number of likely N-dealkylation sites (N-methyl/N-ethyl adjacent to an activating group) is 1. The topological polar surface area (TPSA) is 101 Å². The van der Waals surface area contributed by atoms with Crippen molar-refractivity contribution in [2.45, 2.75) is 31.2 Å². The molecule has 0 aliphatic rings. The van der Waals surface area contributed by atoms with E-state index in [0.717, 1.165) is 12.1 Å². The van der Waals surface area contributed by atoms with Crippen molar-refractivity contribution in [2.24, 2.45) is 5.14 Å². The number of carboxylic acid groups (broad SMARTS) is 1. The highest BCUT2D eigenvalue weighted by Gasteiger charge is 2.35. The Labute approximate surface area is 117 Å². The SMILES string of the molecule is CCN(c1ccc(S(N)(=O)=O)cc1F)C(C)(C)C(=O)O. The van der Waals surface area contributed by atoms with Crippen molar-refractivity contribution >= 4 is 21.7 Å². The number of carbonyl (C=O) groups is 1. The van der Waals surface area contributed by atoms with E-state index >= 15 is 0 Å². The lowest BCUT2D eigenvalue weighted by atomic mass is 10.0. The van der Waals surface area contributed by atoms with E-state index in [1.807, 2.05) is 0 Å². The van der Waals surface area contributed by atoms with Gasteiger partial charge in [-0.2, -0.15) is 0 Å². The van der Waals surface area contributed by atoms with Crippen LogP contribution in [-0.2, 0) is 14.8 Å². The number of benzene rings is 1. The smallest absolute Gasteiger partial charge is 0.328 e. The van der Waals surface area contributed by atoms with Gasteiger partial charge in [0.1, 0.15) is 11.4 Å². The molecule has 0 amide bonds. The summed E-state index contributed by atoms with van der Waals surface area (Å²) in [6.45, 7) is 4.79. The molecule has 1 rings (SSSR count). The summed E-state index contributed by atoms with van der Waals surface area (Å²) in [5.74, 6) is -1.96. The molecule has 1 aromatic rings. The Hall–Kier alpha value is -1.67. The van der Waals surface area contributed by atoms with Crippen molar-refractivity contribution in [3.8, 4) is 0 Å². The molecule has 112 valence electrons. The number of nitrogens with two attached hydrogens (primary N) is 1. The van der Waals surface area contributed by atoms with Crippen LogP contribution in [0.1, 0.15) is 20.8 Å². The average Bonchev–Trinajstić information content (AvgIpc) is 2.30. The van der Waals surface area contributed by atoms with E-state index in [4.69, 9.17) is 5.14 Å². The maximum absolute atomic E-state index is 14.1. The number of sulfonamides is 1. The molecule has 8 heteroatoms. The molecule has 0 spiro atoms. The van der Waals surface area contributed by atoms with Crippen LogP contribution >= 0.6 is 0 Å². The zero-order chi connectivity index (χ0) is 15.7. The quantitative estimate of drug-likeness (QED) is 0.850. The van der Waals surface area contributed by atoms with Gasteiger partial charge in [0.05, 0.1) is 10.6 Å². The highest BCUT2D eigenvalue weighted by molar-refractivity contribution is 7.89. The summed E-state index contributed by atoms with van der Waals surface area (Å²) >= 11 is 0. The maximum Gasteiger partial charge on any atom is 0.328 e. The van der Waals surface area contributed by atoms with Crippen LogP contribution in [-0.4, -0.2) is 31.6 Å². The van der Waals surface area contributed by atoms with Gasteiger partial charge in [-0.3, -0.25) is 0 Å². The Morgan fingerprint density at radius 2 is 2.00 bits per heavy atom. The molecule has 1 aromatic carbocycles. The van der Waals surface area contributed by atoms with E-state index in [-0.39, 0.29) is 17.1 Å². The van der Waals surface area contributed by atoms with Gasteiger partial charge >= 0.3 is 5.97 Å². The first-order valence-corrected chi connectivity index (χ1v) is 7.39. The largest absolute Gasteiger partial charge is 0.480 e. The second kappa shape index (κ2) is 5.37. The van der Waals surface area contributed by atoms with Crippen LogP contribution in [0.4, 0.5) is 10.1 Å². The number of halogens is 1. The molecule has 0 atom stereocenters. The number of hydrogen-bond acceptors (Lipinski definition) is 4. The van der Waals surface area contributed by atoms with Crippen LogP contribution in [0.3, 0.4) is 0 Å². The second-order valence-corrected chi connectivity index (χ2v) is 6.33. The van der Waals surface area contributed by atoms with Crippen molar-refractivity contribution in [3.05, 3.63) is 24.0 Å². The van der Waals surface area contributed by atoms with Gasteiger partial charge in [-0.1, -0.05) is 0 Å². The summed E-state index contributed by atoms with van der Waals surface area (Å²) < 4.78 is 36.3. The van der Waals surface area contributed by atoms with Crippen molar-refractivity contribution in [2.75, 3.05) is 11.4 Å². The molecule has 0 saturated carbocycles. The molecular weight excluding hydrogens is 287 g/mol. The van der Waals surface area contributed by atoms with E-state index in [0.29, 0.717) is 0 Å². The van der Waals surface area contributed by atoms with Crippen LogP contribution in [0.15, 0.2) is 23.1 Å². The van der Waals surface area contributed by atoms with Crippen LogP contribution < -0.4 is 10.0 Å². The molecule has 6 nitrogen and oxygen atoms in total. The molecule has 0 bridgehead atoms. The zero-order valence-corrected chi connectivity index (χ0v) is 12.2. The first kappa shape index (κ1) is 16.4. The number of primary sulfonamides is 1. The standard InChI is InChI=1S/C12H17FN2O4S/c1-4-15(12(2,3)11(16)17)10-6-5-8(7-9(10)13)20(14,18)19/h5-7H,4H2,1-3H3,(H,16,17)(H2,14,18,19). The summed E-state index contributed by atoms with van der Waals surface area (Å²) in [5, 5.41) is 14.1. The van der Waals surface area contributed by atoms with Gasteiger partial charge in [-0.15, -0.1) is 0 Å². The van der Waals surface area contributed by atoms with Crippen LogP contribution in [0.25, 0.3) is 0 Å². The molecule has 20 heavy (non-hydrogen) atoms. The van der Waals surface area contributed by atoms with Gasteiger partial charge < -0.3 is 10.0 Å². The molecule has 0 aliphatic carbocycles. The average molecular weight is 304 g/mol. The third kappa shape index (κ3) is 3.07. The predicted molar refractivity (Wildman–Crippen MR) is 72.5 cm³/mol. The van der Waals surface area contributed by atoms with E-state index < -0.39 is 27.3 Å². The van der Waals surface area contributed by atoms with Crippen molar-refractivity contribution in [1.29, 1.82) is 0 Å². The summed E-state index contributed by atoms with van der Waals surface area (Å²) in [7, 11) is -4.00. The third-order valence-electron chi connectivity index (χ3n) is 3.05. The van der Waals surface area contributed by atoms with Crippen LogP contribution in [0.5, 0.6) is 0 Å². The molecule has 0 saturated heterocycles. The highest BCUT2D eigenvalue weighted by atomic mass is 32.2. The lowest BCUT2D eigenvalue weighted by molar-refractivity contribution is -0.142. The Morgan fingerprint density at radius 1 is 1.45 bits per heavy atom. The van der Waals surface area contributed by atoms with Gasteiger partial charge in [0.2, 0.25) is 10.0 Å². The number of carboxylic acids is 1. The fourth-order valence-electron chi connectivity index (χ4n) is 1.87. The van der Waals surface area contributed by atoms with E-state index in [1.54, 1.807) is 6.92 Å². The second-order valence-electron chi connectivity index (χ2n) is 4.77. The molecule has 0 fully saturated rings. The summed E-state index contributed by atoms with van der Waals surface area (Å²) in [6.07, 6.45) is 0. The molecular formula is C12H17FN2O4S.